The minimum Gasteiger partial charge on any atom is -0.314 e. The van der Waals surface area contributed by atoms with Crippen LogP contribution >= 0.6 is 0 Å². The third-order valence-electron chi connectivity index (χ3n) is 4.14. The van der Waals surface area contributed by atoms with Crippen molar-refractivity contribution in [2.45, 2.75) is 6.92 Å². The van der Waals surface area contributed by atoms with Gasteiger partial charge in [0.2, 0.25) is 0 Å². The largest absolute Gasteiger partial charge is 0.314 e. The van der Waals surface area contributed by atoms with Crippen molar-refractivity contribution in [2.75, 3.05) is 0 Å². The molecule has 0 atom stereocenters. The minimum atomic E-state index is 1.21. The number of nitrogens with zero attached hydrogens (tertiary/aromatic N) is 1. The summed E-state index contributed by atoms with van der Waals surface area (Å²) in [5, 5.41) is 2.55. The number of aryl methyl sites for hydroxylation is 1. The van der Waals surface area contributed by atoms with E-state index in [0.29, 0.717) is 0 Å². The molecular formula is C21H17N. The van der Waals surface area contributed by atoms with Gasteiger partial charge in [0.15, 0.2) is 0 Å². The van der Waals surface area contributed by atoms with E-state index in [9.17, 15) is 0 Å². The van der Waals surface area contributed by atoms with Gasteiger partial charge in [0.05, 0.1) is 5.69 Å². The first-order valence-corrected chi connectivity index (χ1v) is 7.56. The fraction of sp³-hybridized carbons (Fsp3) is 0.0476. The molecule has 0 bridgehead atoms. The van der Waals surface area contributed by atoms with Crippen molar-refractivity contribution in [3.05, 3.63) is 90.6 Å². The van der Waals surface area contributed by atoms with Crippen molar-refractivity contribution in [1.29, 1.82) is 0 Å². The molecule has 0 unspecified atom stereocenters. The van der Waals surface area contributed by atoms with Crippen molar-refractivity contribution >= 4 is 10.8 Å². The van der Waals surface area contributed by atoms with Gasteiger partial charge >= 0.3 is 0 Å². The highest BCUT2D eigenvalue weighted by molar-refractivity contribution is 5.84. The van der Waals surface area contributed by atoms with Crippen molar-refractivity contribution in [1.82, 2.24) is 4.57 Å². The summed E-state index contributed by atoms with van der Waals surface area (Å²) in [7, 11) is 0. The molecule has 0 aliphatic heterocycles. The van der Waals surface area contributed by atoms with Crippen molar-refractivity contribution in [3.63, 3.8) is 0 Å². The van der Waals surface area contributed by atoms with E-state index in [1.165, 1.54) is 33.4 Å². The monoisotopic (exact) mass is 283 g/mol. The van der Waals surface area contributed by atoms with Gasteiger partial charge in [-0.05, 0) is 47.5 Å². The molecule has 22 heavy (non-hydrogen) atoms. The molecule has 4 rings (SSSR count). The Hall–Kier alpha value is -2.80. The van der Waals surface area contributed by atoms with Crippen LogP contribution in [-0.4, -0.2) is 4.57 Å². The lowest BCUT2D eigenvalue weighted by Crippen LogP contribution is -1.98. The summed E-state index contributed by atoms with van der Waals surface area (Å²) in [4.78, 5) is 0. The van der Waals surface area contributed by atoms with Crippen molar-refractivity contribution < 1.29 is 0 Å². The third kappa shape index (κ3) is 2.11. The van der Waals surface area contributed by atoms with Crippen LogP contribution in [-0.2, 0) is 0 Å². The number of hydrogen-bond donors (Lipinski definition) is 0. The molecule has 1 aromatic heterocycles. The minimum absolute atomic E-state index is 1.21. The molecule has 0 amide bonds. The molecule has 0 spiro atoms. The van der Waals surface area contributed by atoms with Crippen LogP contribution in [0.4, 0.5) is 0 Å². The fourth-order valence-corrected chi connectivity index (χ4v) is 3.03. The number of benzene rings is 3. The summed E-state index contributed by atoms with van der Waals surface area (Å²) in [6, 6.07) is 30.1. The van der Waals surface area contributed by atoms with E-state index >= 15 is 0 Å². The van der Waals surface area contributed by atoms with Crippen molar-refractivity contribution in [2.24, 2.45) is 0 Å². The number of aromatic nitrogens is 1. The zero-order valence-electron chi connectivity index (χ0n) is 12.5. The Morgan fingerprint density at radius 3 is 2.18 bits per heavy atom. The smallest absolute Gasteiger partial charge is 0.0531 e. The highest BCUT2D eigenvalue weighted by Gasteiger charge is 2.09. The fourth-order valence-electron chi connectivity index (χ4n) is 3.03. The summed E-state index contributed by atoms with van der Waals surface area (Å²) in [5.74, 6) is 0. The molecule has 0 aliphatic carbocycles. The van der Waals surface area contributed by atoms with Gasteiger partial charge in [-0.25, -0.2) is 0 Å². The maximum absolute atomic E-state index is 2.32. The van der Waals surface area contributed by atoms with E-state index in [0.717, 1.165) is 0 Å². The molecule has 4 aromatic rings. The maximum atomic E-state index is 2.32. The van der Waals surface area contributed by atoms with E-state index in [1.54, 1.807) is 0 Å². The Labute approximate surface area is 130 Å². The first-order chi connectivity index (χ1) is 10.8. The molecule has 3 aromatic carbocycles. The van der Waals surface area contributed by atoms with Gasteiger partial charge in [0, 0.05) is 11.4 Å². The lowest BCUT2D eigenvalue weighted by atomic mass is 10.1. The average molecular weight is 283 g/mol. The normalized spacial score (nSPS) is 11.0. The van der Waals surface area contributed by atoms with Crippen LogP contribution in [0.25, 0.3) is 27.7 Å². The van der Waals surface area contributed by atoms with Crippen LogP contribution in [0.1, 0.15) is 5.69 Å². The van der Waals surface area contributed by atoms with Gasteiger partial charge in [-0.1, -0.05) is 60.7 Å². The quantitative estimate of drug-likeness (QED) is 0.451. The predicted octanol–water partition coefficient (Wildman–Crippen LogP) is 5.61. The van der Waals surface area contributed by atoms with Gasteiger partial charge in [-0.2, -0.15) is 0 Å². The Morgan fingerprint density at radius 1 is 0.636 bits per heavy atom. The van der Waals surface area contributed by atoms with E-state index in [-0.39, 0.29) is 0 Å². The summed E-state index contributed by atoms with van der Waals surface area (Å²) in [6.45, 7) is 2.15. The second-order valence-electron chi connectivity index (χ2n) is 5.59. The first-order valence-electron chi connectivity index (χ1n) is 7.56. The van der Waals surface area contributed by atoms with E-state index in [1.807, 2.05) is 0 Å². The lowest BCUT2D eigenvalue weighted by Gasteiger charge is -2.13. The molecule has 1 heterocycles. The predicted molar refractivity (Wildman–Crippen MR) is 93.4 cm³/mol. The molecule has 1 heteroatoms. The van der Waals surface area contributed by atoms with Crippen molar-refractivity contribution in [3.8, 4) is 16.9 Å². The van der Waals surface area contributed by atoms with Crippen LogP contribution in [0.3, 0.4) is 0 Å². The van der Waals surface area contributed by atoms with Gasteiger partial charge in [-0.3, -0.25) is 0 Å². The van der Waals surface area contributed by atoms with E-state index in [2.05, 4.69) is 96.4 Å². The standard InChI is InChI=1S/C21H17N/c1-16-11-14-21(18-8-3-2-4-9-18)22(16)20-13-12-17-7-5-6-10-19(17)15-20/h2-15H,1H3. The summed E-state index contributed by atoms with van der Waals surface area (Å²) >= 11 is 0. The second kappa shape index (κ2) is 5.19. The molecule has 0 N–H and O–H groups in total. The van der Waals surface area contributed by atoms with Gasteiger partial charge in [0.1, 0.15) is 0 Å². The van der Waals surface area contributed by atoms with Crippen LogP contribution in [0.5, 0.6) is 0 Å². The Bertz CT molecular complexity index is 932. The second-order valence-corrected chi connectivity index (χ2v) is 5.59. The van der Waals surface area contributed by atoms with Crippen LogP contribution in [0, 0.1) is 6.92 Å². The Morgan fingerprint density at radius 2 is 1.36 bits per heavy atom. The lowest BCUT2D eigenvalue weighted by molar-refractivity contribution is 1.03. The summed E-state index contributed by atoms with van der Waals surface area (Å²) < 4.78 is 2.32. The topological polar surface area (TPSA) is 4.93 Å². The maximum Gasteiger partial charge on any atom is 0.0531 e. The molecule has 0 radical (unpaired) electrons. The first kappa shape index (κ1) is 12.9. The SMILES string of the molecule is Cc1ccc(-c2ccccc2)n1-c1ccc2ccccc2c1. The van der Waals surface area contributed by atoms with Crippen LogP contribution in [0.15, 0.2) is 84.9 Å². The summed E-state index contributed by atoms with van der Waals surface area (Å²) in [5.41, 5.74) is 4.92. The summed E-state index contributed by atoms with van der Waals surface area (Å²) in [6.07, 6.45) is 0. The highest BCUT2D eigenvalue weighted by Crippen LogP contribution is 2.28. The van der Waals surface area contributed by atoms with E-state index < -0.39 is 0 Å². The molecule has 0 saturated carbocycles. The van der Waals surface area contributed by atoms with Gasteiger partial charge in [-0.15, -0.1) is 0 Å². The highest BCUT2D eigenvalue weighted by atomic mass is 15.0. The average Bonchev–Trinajstić information content (AvgIpc) is 2.97. The Balaban J connectivity index is 1.93. The van der Waals surface area contributed by atoms with E-state index in [4.69, 9.17) is 0 Å². The van der Waals surface area contributed by atoms with Gasteiger partial charge in [0.25, 0.3) is 0 Å². The molecule has 1 nitrogen and oxygen atoms in total. The zero-order valence-corrected chi connectivity index (χ0v) is 12.5. The number of fused-ring (bicyclic) bond motifs is 1. The van der Waals surface area contributed by atoms with Gasteiger partial charge < -0.3 is 4.57 Å². The third-order valence-corrected chi connectivity index (χ3v) is 4.14. The molecular weight excluding hydrogens is 266 g/mol. The van der Waals surface area contributed by atoms with Crippen LogP contribution < -0.4 is 0 Å². The molecule has 106 valence electrons. The molecule has 0 aliphatic rings. The molecule has 0 saturated heterocycles. The number of rotatable bonds is 2. The zero-order chi connectivity index (χ0) is 14.9. The number of hydrogen-bond acceptors (Lipinski definition) is 0. The Kier molecular flexibility index (Phi) is 3.05. The van der Waals surface area contributed by atoms with Crippen LogP contribution in [0.2, 0.25) is 0 Å². The molecule has 0 fully saturated rings.